The molecule has 2 aromatic carbocycles. The Morgan fingerprint density at radius 3 is 2.38 bits per heavy atom. The van der Waals surface area contributed by atoms with Gasteiger partial charge in [-0.3, -0.25) is 9.59 Å². The third-order valence-corrected chi connectivity index (χ3v) is 7.39. The van der Waals surface area contributed by atoms with E-state index in [1.807, 2.05) is 35.8 Å². The number of hydrogen-bond donors (Lipinski definition) is 1. The lowest BCUT2D eigenvalue weighted by Crippen LogP contribution is -2.36. The quantitative estimate of drug-likeness (QED) is 0.677. The van der Waals surface area contributed by atoms with Gasteiger partial charge in [-0.05, 0) is 61.6 Å². The number of nitrogens with one attached hydrogen (secondary N) is 1. The fourth-order valence-corrected chi connectivity index (χ4v) is 5.55. The van der Waals surface area contributed by atoms with Crippen molar-refractivity contribution in [3.63, 3.8) is 0 Å². The molecule has 2 aliphatic heterocycles. The molecular weight excluding hydrogens is 452 g/mol. The van der Waals surface area contributed by atoms with E-state index in [2.05, 4.69) is 9.71 Å². The van der Waals surface area contributed by atoms with Crippen molar-refractivity contribution < 1.29 is 18.0 Å². The summed E-state index contributed by atoms with van der Waals surface area (Å²) in [4.78, 5) is 29.0. The van der Waals surface area contributed by atoms with Crippen molar-refractivity contribution in [1.29, 1.82) is 0 Å². The Morgan fingerprint density at radius 1 is 1.06 bits per heavy atom. The molecule has 0 unspecified atom stereocenters. The lowest BCUT2D eigenvalue weighted by atomic mass is 10.1. The average molecular weight is 483 g/mol. The van der Waals surface area contributed by atoms with Gasteiger partial charge in [0.15, 0.2) is 0 Å². The van der Waals surface area contributed by atoms with Gasteiger partial charge in [0.2, 0.25) is 5.91 Å². The summed E-state index contributed by atoms with van der Waals surface area (Å²) >= 11 is 0. The third kappa shape index (κ3) is 5.14. The van der Waals surface area contributed by atoms with Crippen molar-refractivity contribution in [2.75, 3.05) is 29.9 Å². The molecule has 180 valence electrons. The Bertz CT molecular complexity index is 1230. The molecule has 1 N–H and O–H groups in total. The van der Waals surface area contributed by atoms with Crippen LogP contribution in [0.25, 0.3) is 0 Å². The number of amides is 2. The van der Waals surface area contributed by atoms with Crippen LogP contribution in [0.1, 0.15) is 49.5 Å². The summed E-state index contributed by atoms with van der Waals surface area (Å²) in [6.07, 6.45) is 2.45. The summed E-state index contributed by atoms with van der Waals surface area (Å²) in [7, 11) is -3.88. The first-order chi connectivity index (χ1) is 16.1. The van der Waals surface area contributed by atoms with E-state index in [0.717, 1.165) is 31.5 Å². The van der Waals surface area contributed by atoms with E-state index in [-0.39, 0.29) is 16.4 Å². The Hall–Kier alpha value is -3.20. The monoisotopic (exact) mass is 482 g/mol. The van der Waals surface area contributed by atoms with Gasteiger partial charge in [0.05, 0.1) is 12.1 Å². The number of amidine groups is 1. The van der Waals surface area contributed by atoms with Crippen LogP contribution < -0.4 is 10.2 Å². The maximum absolute atomic E-state index is 12.9. The van der Waals surface area contributed by atoms with E-state index < -0.39 is 15.9 Å². The van der Waals surface area contributed by atoms with Crippen molar-refractivity contribution in [2.24, 2.45) is 10.3 Å². The van der Waals surface area contributed by atoms with Crippen LogP contribution in [-0.4, -0.2) is 50.6 Å². The molecule has 2 amide bonds. The first kappa shape index (κ1) is 23.9. The highest BCUT2D eigenvalue weighted by molar-refractivity contribution is 7.90. The lowest BCUT2D eigenvalue weighted by Gasteiger charge is -2.30. The number of fused-ring (bicyclic) bond motifs is 1. The Balaban J connectivity index is 1.48. The minimum Gasteiger partial charge on any atom is -0.342 e. The first-order valence-corrected chi connectivity index (χ1v) is 13.0. The zero-order valence-electron chi connectivity index (χ0n) is 19.7. The number of likely N-dealkylation sites (tertiary alicyclic amines) is 1. The number of carbonyl (C=O) groups is 2. The molecule has 4 rings (SSSR count). The fourth-order valence-electron chi connectivity index (χ4n) is 4.29. The fraction of sp³-hybridized carbons (Fsp3) is 0.400. The van der Waals surface area contributed by atoms with Crippen LogP contribution in [0.4, 0.5) is 11.4 Å². The van der Waals surface area contributed by atoms with Crippen LogP contribution in [0.15, 0.2) is 51.8 Å². The summed E-state index contributed by atoms with van der Waals surface area (Å²) in [5.74, 6) is 0.423. The van der Waals surface area contributed by atoms with E-state index >= 15 is 0 Å². The second-order valence-electron chi connectivity index (χ2n) is 9.22. The van der Waals surface area contributed by atoms with Gasteiger partial charge < -0.3 is 15.1 Å². The molecule has 0 radical (unpaired) electrons. The van der Waals surface area contributed by atoms with E-state index in [4.69, 9.17) is 0 Å². The number of benzene rings is 2. The molecule has 2 aliphatic rings. The smallest absolute Gasteiger partial charge is 0.286 e. The minimum absolute atomic E-state index is 0.0298. The number of carbonyl (C=O) groups excluding carboxylic acids is 2. The molecule has 0 bridgehead atoms. The number of anilines is 2. The second kappa shape index (κ2) is 9.58. The van der Waals surface area contributed by atoms with Crippen molar-refractivity contribution in [1.82, 2.24) is 4.90 Å². The SMILES string of the molecule is CC1=NS(=O)(=O)c2cc(C(=O)Nc3ccc(CC(=O)N4CCCC4)cc3)ccc2N1CC(C)C. The van der Waals surface area contributed by atoms with Gasteiger partial charge in [-0.1, -0.05) is 26.0 Å². The number of sulfonamides is 1. The molecule has 0 aliphatic carbocycles. The van der Waals surface area contributed by atoms with Gasteiger partial charge in [0.25, 0.3) is 15.9 Å². The lowest BCUT2D eigenvalue weighted by molar-refractivity contribution is -0.129. The van der Waals surface area contributed by atoms with Crippen LogP contribution in [-0.2, 0) is 21.2 Å². The van der Waals surface area contributed by atoms with Gasteiger partial charge in [-0.2, -0.15) is 8.42 Å². The van der Waals surface area contributed by atoms with Gasteiger partial charge in [-0.15, -0.1) is 4.40 Å². The third-order valence-electron chi connectivity index (χ3n) is 6.01. The molecular formula is C25H30N4O4S. The maximum Gasteiger partial charge on any atom is 0.286 e. The summed E-state index contributed by atoms with van der Waals surface area (Å²) in [5.41, 5.74) is 2.21. The molecule has 2 heterocycles. The van der Waals surface area contributed by atoms with E-state index in [1.54, 1.807) is 31.2 Å². The van der Waals surface area contributed by atoms with Crippen LogP contribution in [0.5, 0.6) is 0 Å². The number of rotatable bonds is 6. The van der Waals surface area contributed by atoms with Crippen LogP contribution in [0, 0.1) is 5.92 Å². The van der Waals surface area contributed by atoms with Crippen molar-refractivity contribution in [3.8, 4) is 0 Å². The Morgan fingerprint density at radius 2 is 1.74 bits per heavy atom. The zero-order chi connectivity index (χ0) is 24.5. The maximum atomic E-state index is 12.9. The molecule has 0 spiro atoms. The van der Waals surface area contributed by atoms with E-state index in [1.165, 1.54) is 6.07 Å². The normalized spacial score (nSPS) is 16.9. The minimum atomic E-state index is -3.88. The molecule has 8 nitrogen and oxygen atoms in total. The van der Waals surface area contributed by atoms with Gasteiger partial charge in [-0.25, -0.2) is 0 Å². The molecule has 0 atom stereocenters. The molecule has 1 saturated heterocycles. The number of hydrogen-bond acceptors (Lipinski definition) is 5. The molecule has 2 aromatic rings. The van der Waals surface area contributed by atoms with Crippen molar-refractivity contribution in [3.05, 3.63) is 53.6 Å². The topological polar surface area (TPSA) is 99.1 Å². The molecule has 0 aromatic heterocycles. The Kier molecular flexibility index (Phi) is 6.74. The predicted molar refractivity (Wildman–Crippen MR) is 133 cm³/mol. The van der Waals surface area contributed by atoms with Crippen LogP contribution in [0.2, 0.25) is 0 Å². The summed E-state index contributed by atoms with van der Waals surface area (Å²) in [6.45, 7) is 8.03. The first-order valence-electron chi connectivity index (χ1n) is 11.6. The molecule has 9 heteroatoms. The highest BCUT2D eigenvalue weighted by Gasteiger charge is 2.30. The number of nitrogens with zero attached hydrogens (tertiary/aromatic N) is 3. The van der Waals surface area contributed by atoms with Crippen LogP contribution in [0.3, 0.4) is 0 Å². The highest BCUT2D eigenvalue weighted by Crippen LogP contribution is 2.33. The second-order valence-corrected chi connectivity index (χ2v) is 10.8. The summed E-state index contributed by atoms with van der Waals surface area (Å²) < 4.78 is 29.3. The van der Waals surface area contributed by atoms with Gasteiger partial charge >= 0.3 is 0 Å². The van der Waals surface area contributed by atoms with Gasteiger partial charge in [0, 0.05) is 30.9 Å². The van der Waals surface area contributed by atoms with E-state index in [0.29, 0.717) is 36.1 Å². The Labute approximate surface area is 200 Å². The molecule has 1 fully saturated rings. The summed E-state index contributed by atoms with van der Waals surface area (Å²) in [5, 5.41) is 2.80. The highest BCUT2D eigenvalue weighted by atomic mass is 32.2. The summed E-state index contributed by atoms with van der Waals surface area (Å²) in [6, 6.07) is 11.8. The van der Waals surface area contributed by atoms with Crippen molar-refractivity contribution >= 4 is 39.0 Å². The average Bonchev–Trinajstić information content (AvgIpc) is 3.32. The van der Waals surface area contributed by atoms with Crippen molar-refractivity contribution in [2.45, 2.75) is 44.9 Å². The largest absolute Gasteiger partial charge is 0.342 e. The van der Waals surface area contributed by atoms with Gasteiger partial charge in [0.1, 0.15) is 10.7 Å². The molecule has 0 saturated carbocycles. The van der Waals surface area contributed by atoms with Crippen LogP contribution >= 0.6 is 0 Å². The zero-order valence-corrected chi connectivity index (χ0v) is 20.6. The van der Waals surface area contributed by atoms with E-state index in [9.17, 15) is 18.0 Å². The predicted octanol–water partition coefficient (Wildman–Crippen LogP) is 3.69. The standard InChI is InChI=1S/C25H30N4O4S/c1-17(2)16-29-18(3)27-34(32,33)23-15-20(8-11-22(23)29)25(31)26-21-9-6-19(7-10-21)14-24(30)28-12-4-5-13-28/h6-11,15,17H,4-5,12-14,16H2,1-3H3,(H,26,31). The molecule has 34 heavy (non-hydrogen) atoms.